The van der Waals surface area contributed by atoms with Crippen LogP contribution in [0.25, 0.3) is 6.08 Å². The predicted molar refractivity (Wildman–Crippen MR) is 81.1 cm³/mol. The van der Waals surface area contributed by atoms with E-state index >= 15 is 0 Å². The number of hydrogen-bond acceptors (Lipinski definition) is 4. The summed E-state index contributed by atoms with van der Waals surface area (Å²) in [4.78, 5) is 11.4. The minimum Gasteiger partial charge on any atom is -0.489 e. The van der Waals surface area contributed by atoms with Crippen LogP contribution in [-0.4, -0.2) is 11.1 Å². The molecule has 2 aromatic rings. The molecule has 2 rings (SSSR count). The molecule has 0 unspecified atom stereocenters. The topological polar surface area (TPSA) is 70.3 Å². The largest absolute Gasteiger partial charge is 0.489 e. The van der Waals surface area contributed by atoms with Gasteiger partial charge >= 0.3 is 5.97 Å². The first-order valence-electron chi connectivity index (χ1n) is 6.21. The SMILES string of the molecule is C/C(=C\c1ccc(OCc2ccsc2C#N)cc1)C(=O)O. The minimum atomic E-state index is -0.934. The number of thiophene rings is 1. The van der Waals surface area contributed by atoms with Crippen molar-refractivity contribution in [1.82, 2.24) is 0 Å². The number of aliphatic carboxylic acids is 1. The number of carbonyl (C=O) groups is 1. The Hall–Kier alpha value is -2.58. The normalized spacial score (nSPS) is 11.0. The maximum Gasteiger partial charge on any atom is 0.331 e. The molecule has 21 heavy (non-hydrogen) atoms. The lowest BCUT2D eigenvalue weighted by Crippen LogP contribution is -1.96. The molecule has 0 saturated carbocycles. The van der Waals surface area contributed by atoms with Gasteiger partial charge in [-0.3, -0.25) is 0 Å². The molecule has 0 aliphatic carbocycles. The van der Waals surface area contributed by atoms with E-state index in [-0.39, 0.29) is 5.57 Å². The van der Waals surface area contributed by atoms with Crippen molar-refractivity contribution in [2.75, 3.05) is 0 Å². The van der Waals surface area contributed by atoms with E-state index in [2.05, 4.69) is 6.07 Å². The van der Waals surface area contributed by atoms with Crippen LogP contribution >= 0.6 is 11.3 Å². The first-order chi connectivity index (χ1) is 10.1. The first kappa shape index (κ1) is 14.8. The second-order valence-electron chi connectivity index (χ2n) is 4.38. The number of benzene rings is 1. The second-order valence-corrected chi connectivity index (χ2v) is 5.29. The molecule has 0 aliphatic rings. The molecule has 5 heteroatoms. The van der Waals surface area contributed by atoms with Gasteiger partial charge < -0.3 is 9.84 Å². The number of ether oxygens (including phenoxy) is 1. The van der Waals surface area contributed by atoms with E-state index in [0.717, 1.165) is 11.1 Å². The molecule has 0 aliphatic heterocycles. The number of carboxylic acid groups (broad SMARTS) is 1. The number of nitrogens with zero attached hydrogens (tertiary/aromatic N) is 1. The molecule has 4 nitrogen and oxygen atoms in total. The summed E-state index contributed by atoms with van der Waals surface area (Å²) in [5.74, 6) is -0.257. The standard InChI is InChI=1S/C16H13NO3S/c1-11(16(18)19)8-12-2-4-14(5-3-12)20-10-13-6-7-21-15(13)9-17/h2-8H,10H2,1H3,(H,18,19)/b11-8+. The molecule has 1 heterocycles. The highest BCUT2D eigenvalue weighted by Crippen LogP contribution is 2.19. The Labute approximate surface area is 126 Å². The Morgan fingerprint density at radius 1 is 1.38 bits per heavy atom. The van der Waals surface area contributed by atoms with Gasteiger partial charge in [0.15, 0.2) is 0 Å². The number of nitriles is 1. The van der Waals surface area contributed by atoms with Gasteiger partial charge in [0.25, 0.3) is 0 Å². The highest BCUT2D eigenvalue weighted by atomic mass is 32.1. The average Bonchev–Trinajstić information content (AvgIpc) is 2.94. The van der Waals surface area contributed by atoms with Gasteiger partial charge in [0.2, 0.25) is 0 Å². The van der Waals surface area contributed by atoms with Gasteiger partial charge in [-0.25, -0.2) is 4.79 Å². The summed E-state index contributed by atoms with van der Waals surface area (Å²) >= 11 is 1.39. The first-order valence-corrected chi connectivity index (χ1v) is 7.09. The zero-order valence-electron chi connectivity index (χ0n) is 11.4. The van der Waals surface area contributed by atoms with Gasteiger partial charge in [-0.1, -0.05) is 12.1 Å². The molecule has 1 aromatic heterocycles. The van der Waals surface area contributed by atoms with Gasteiger partial charge in [0.1, 0.15) is 23.3 Å². The van der Waals surface area contributed by atoms with E-state index in [4.69, 9.17) is 15.1 Å². The number of hydrogen-bond donors (Lipinski definition) is 1. The number of rotatable bonds is 5. The van der Waals surface area contributed by atoms with Crippen LogP contribution < -0.4 is 4.74 Å². The molecular formula is C16H13NO3S. The Kier molecular flexibility index (Phi) is 4.75. The zero-order chi connectivity index (χ0) is 15.2. The smallest absolute Gasteiger partial charge is 0.331 e. The van der Waals surface area contributed by atoms with E-state index in [1.54, 1.807) is 37.3 Å². The minimum absolute atomic E-state index is 0.278. The molecule has 106 valence electrons. The maximum absolute atomic E-state index is 10.7. The molecular weight excluding hydrogens is 286 g/mol. The van der Waals surface area contributed by atoms with E-state index in [1.807, 2.05) is 11.4 Å². The molecule has 0 spiro atoms. The van der Waals surface area contributed by atoms with Crippen LogP contribution in [0, 0.1) is 11.3 Å². The van der Waals surface area contributed by atoms with E-state index in [9.17, 15) is 4.79 Å². The maximum atomic E-state index is 10.7. The van der Waals surface area contributed by atoms with Crippen molar-refractivity contribution in [3.05, 3.63) is 57.3 Å². The van der Waals surface area contributed by atoms with E-state index < -0.39 is 5.97 Å². The molecule has 0 radical (unpaired) electrons. The summed E-state index contributed by atoms with van der Waals surface area (Å²) in [7, 11) is 0. The summed E-state index contributed by atoms with van der Waals surface area (Å²) in [5.41, 5.74) is 1.95. The summed E-state index contributed by atoms with van der Waals surface area (Å²) in [6.07, 6.45) is 1.60. The van der Waals surface area contributed by atoms with E-state index in [0.29, 0.717) is 17.2 Å². The molecule has 0 fully saturated rings. The molecule has 0 bridgehead atoms. The summed E-state index contributed by atoms with van der Waals surface area (Å²) in [5, 5.41) is 19.6. The summed E-state index contributed by atoms with van der Waals surface area (Å²) in [6.45, 7) is 1.89. The molecule has 0 atom stereocenters. The summed E-state index contributed by atoms with van der Waals surface area (Å²) < 4.78 is 5.62. The van der Waals surface area contributed by atoms with Crippen molar-refractivity contribution in [3.8, 4) is 11.8 Å². The van der Waals surface area contributed by atoms with Crippen LogP contribution in [0.3, 0.4) is 0 Å². The highest BCUT2D eigenvalue weighted by molar-refractivity contribution is 7.10. The van der Waals surface area contributed by atoms with Gasteiger partial charge in [-0.15, -0.1) is 11.3 Å². The van der Waals surface area contributed by atoms with Crippen LogP contribution in [0.4, 0.5) is 0 Å². The van der Waals surface area contributed by atoms with Crippen LogP contribution in [0.2, 0.25) is 0 Å². The third kappa shape index (κ3) is 3.94. The third-order valence-corrected chi connectivity index (χ3v) is 3.70. The fraction of sp³-hybridized carbons (Fsp3) is 0.125. The summed E-state index contributed by atoms with van der Waals surface area (Å²) in [6, 6.07) is 11.1. The predicted octanol–water partition coefficient (Wildman–Crippen LogP) is 3.69. The average molecular weight is 299 g/mol. The zero-order valence-corrected chi connectivity index (χ0v) is 12.2. The van der Waals surface area contributed by atoms with E-state index in [1.165, 1.54) is 11.3 Å². The van der Waals surface area contributed by atoms with Crippen LogP contribution in [0.1, 0.15) is 22.9 Å². The Morgan fingerprint density at radius 3 is 2.71 bits per heavy atom. The fourth-order valence-corrected chi connectivity index (χ4v) is 2.38. The van der Waals surface area contributed by atoms with Gasteiger partial charge in [0, 0.05) is 11.1 Å². The molecule has 0 amide bonds. The lowest BCUT2D eigenvalue weighted by Gasteiger charge is -2.05. The lowest BCUT2D eigenvalue weighted by atomic mass is 10.1. The lowest BCUT2D eigenvalue weighted by molar-refractivity contribution is -0.132. The molecule has 0 saturated heterocycles. The van der Waals surface area contributed by atoms with Crippen molar-refractivity contribution in [2.45, 2.75) is 13.5 Å². The van der Waals surface area contributed by atoms with Gasteiger partial charge in [0.05, 0.1) is 0 Å². The van der Waals surface area contributed by atoms with Crippen molar-refractivity contribution >= 4 is 23.4 Å². The van der Waals surface area contributed by atoms with Crippen LogP contribution in [0.5, 0.6) is 5.75 Å². The molecule has 1 N–H and O–H groups in total. The quantitative estimate of drug-likeness (QED) is 0.855. The van der Waals surface area contributed by atoms with Crippen molar-refractivity contribution < 1.29 is 14.6 Å². The van der Waals surface area contributed by atoms with Crippen LogP contribution in [0.15, 0.2) is 41.3 Å². The second kappa shape index (κ2) is 6.73. The van der Waals surface area contributed by atoms with Crippen molar-refractivity contribution in [3.63, 3.8) is 0 Å². The fourth-order valence-electron chi connectivity index (χ4n) is 1.68. The van der Waals surface area contributed by atoms with Crippen molar-refractivity contribution in [1.29, 1.82) is 5.26 Å². The highest BCUT2D eigenvalue weighted by Gasteiger charge is 2.04. The third-order valence-electron chi connectivity index (χ3n) is 2.84. The number of carboxylic acids is 1. The monoisotopic (exact) mass is 299 g/mol. The van der Waals surface area contributed by atoms with Gasteiger partial charge in [-0.05, 0) is 42.1 Å². The molecule has 1 aromatic carbocycles. The van der Waals surface area contributed by atoms with Crippen LogP contribution in [-0.2, 0) is 11.4 Å². The Balaban J connectivity index is 2.02. The Bertz CT molecular complexity index is 708. The van der Waals surface area contributed by atoms with Gasteiger partial charge in [-0.2, -0.15) is 5.26 Å². The Morgan fingerprint density at radius 2 is 2.10 bits per heavy atom. The van der Waals surface area contributed by atoms with Crippen molar-refractivity contribution in [2.24, 2.45) is 0 Å².